The molecule has 1 heteroatoms. The highest BCUT2D eigenvalue weighted by molar-refractivity contribution is 5.34. The number of benzene rings is 1. The molecule has 1 N–H and O–H groups in total. The van der Waals surface area contributed by atoms with E-state index >= 15 is 0 Å². The van der Waals surface area contributed by atoms with Gasteiger partial charge in [0.2, 0.25) is 0 Å². The summed E-state index contributed by atoms with van der Waals surface area (Å²) in [5.41, 5.74) is 3.19. The van der Waals surface area contributed by atoms with Crippen molar-refractivity contribution >= 4 is 0 Å². The van der Waals surface area contributed by atoms with Crippen LogP contribution < -0.4 is 5.32 Å². The lowest BCUT2D eigenvalue weighted by atomic mass is 9.80. The first-order chi connectivity index (χ1) is 7.47. The van der Waals surface area contributed by atoms with Gasteiger partial charge in [-0.15, -0.1) is 0 Å². The van der Waals surface area contributed by atoms with Crippen molar-refractivity contribution < 1.29 is 0 Å². The van der Waals surface area contributed by atoms with Gasteiger partial charge >= 0.3 is 0 Å². The fourth-order valence-corrected chi connectivity index (χ4v) is 2.34. The van der Waals surface area contributed by atoms with Crippen molar-refractivity contribution in [2.24, 2.45) is 5.92 Å². The van der Waals surface area contributed by atoms with E-state index in [1.807, 2.05) is 7.05 Å². The molecule has 0 amide bonds. The third-order valence-corrected chi connectivity index (χ3v) is 2.99. The highest BCUT2D eigenvalue weighted by Gasteiger charge is 2.22. The van der Waals surface area contributed by atoms with E-state index in [9.17, 15) is 0 Å². The molecule has 0 aliphatic heterocycles. The van der Waals surface area contributed by atoms with E-state index in [-0.39, 0.29) is 5.41 Å². The largest absolute Gasteiger partial charge is 0.319 e. The molecular formula is C15H25N. The Kier molecular flexibility index (Phi) is 4.55. The molecule has 0 radical (unpaired) electrons. The van der Waals surface area contributed by atoms with Crippen molar-refractivity contribution in [3.8, 4) is 0 Å². The minimum Gasteiger partial charge on any atom is -0.319 e. The Hall–Kier alpha value is -0.820. The summed E-state index contributed by atoms with van der Waals surface area (Å²) in [7, 11) is 2.02. The molecule has 0 heterocycles. The molecule has 16 heavy (non-hydrogen) atoms. The van der Waals surface area contributed by atoms with Crippen LogP contribution in [-0.2, 0) is 11.8 Å². The Bertz CT molecular complexity index is 326. The van der Waals surface area contributed by atoms with Crippen molar-refractivity contribution in [3.63, 3.8) is 0 Å². The lowest BCUT2D eigenvalue weighted by Crippen LogP contribution is -2.31. The highest BCUT2D eigenvalue weighted by atomic mass is 14.8. The predicted octanol–water partition coefficient (Wildman–Crippen LogP) is 3.38. The molecule has 0 spiro atoms. The van der Waals surface area contributed by atoms with Crippen LogP contribution in [0.1, 0.15) is 38.8 Å². The first kappa shape index (κ1) is 13.2. The summed E-state index contributed by atoms with van der Waals surface area (Å²) in [6.45, 7) is 10.2. The number of hydrogen-bond acceptors (Lipinski definition) is 1. The molecule has 0 aromatic heterocycles. The summed E-state index contributed by atoms with van der Waals surface area (Å²) >= 11 is 0. The minimum absolute atomic E-state index is 0.209. The SMILES string of the molecule is CNCC(C)(C)c1ccccc1CC(C)C. The smallest absolute Gasteiger partial charge is 0.00402 e. The fourth-order valence-electron chi connectivity index (χ4n) is 2.34. The van der Waals surface area contributed by atoms with Crippen LogP contribution in [0.25, 0.3) is 0 Å². The molecule has 1 rings (SSSR count). The Morgan fingerprint density at radius 3 is 2.38 bits per heavy atom. The van der Waals surface area contributed by atoms with Gasteiger partial charge in [-0.3, -0.25) is 0 Å². The standard InChI is InChI=1S/C15H25N/c1-12(2)10-13-8-6-7-9-14(13)15(3,4)11-16-5/h6-9,12,16H,10-11H2,1-5H3. The van der Waals surface area contributed by atoms with Gasteiger partial charge in [0, 0.05) is 12.0 Å². The molecular weight excluding hydrogens is 194 g/mol. The maximum Gasteiger partial charge on any atom is 0.00402 e. The zero-order valence-electron chi connectivity index (χ0n) is 11.3. The molecule has 0 atom stereocenters. The molecule has 0 saturated heterocycles. The lowest BCUT2D eigenvalue weighted by Gasteiger charge is -2.28. The van der Waals surface area contributed by atoms with Gasteiger partial charge in [-0.05, 0) is 30.5 Å². The second kappa shape index (κ2) is 5.49. The molecule has 0 fully saturated rings. The summed E-state index contributed by atoms with van der Waals surface area (Å²) < 4.78 is 0. The molecule has 0 aliphatic carbocycles. The van der Waals surface area contributed by atoms with Crippen molar-refractivity contribution in [3.05, 3.63) is 35.4 Å². The van der Waals surface area contributed by atoms with Gasteiger partial charge in [-0.25, -0.2) is 0 Å². The molecule has 0 bridgehead atoms. The van der Waals surface area contributed by atoms with Gasteiger partial charge < -0.3 is 5.32 Å². The molecule has 90 valence electrons. The molecule has 1 aromatic carbocycles. The summed E-state index contributed by atoms with van der Waals surface area (Å²) in [5.74, 6) is 0.714. The van der Waals surface area contributed by atoms with Gasteiger partial charge in [-0.2, -0.15) is 0 Å². The van der Waals surface area contributed by atoms with Gasteiger partial charge in [0.1, 0.15) is 0 Å². The first-order valence-corrected chi connectivity index (χ1v) is 6.20. The van der Waals surface area contributed by atoms with E-state index in [1.165, 1.54) is 17.5 Å². The number of rotatable bonds is 5. The van der Waals surface area contributed by atoms with Crippen molar-refractivity contribution in [2.45, 2.75) is 39.5 Å². The Morgan fingerprint density at radius 1 is 1.19 bits per heavy atom. The molecule has 1 nitrogen and oxygen atoms in total. The maximum atomic E-state index is 3.29. The van der Waals surface area contributed by atoms with Crippen LogP contribution in [0.5, 0.6) is 0 Å². The van der Waals surface area contributed by atoms with E-state index in [1.54, 1.807) is 0 Å². The molecule has 0 unspecified atom stereocenters. The quantitative estimate of drug-likeness (QED) is 0.800. The third-order valence-electron chi connectivity index (χ3n) is 2.99. The third kappa shape index (κ3) is 3.34. The van der Waals surface area contributed by atoms with Crippen LogP contribution >= 0.6 is 0 Å². The predicted molar refractivity (Wildman–Crippen MR) is 71.9 cm³/mol. The van der Waals surface area contributed by atoms with Crippen molar-refractivity contribution in [1.29, 1.82) is 0 Å². The van der Waals surface area contributed by atoms with Crippen LogP contribution in [-0.4, -0.2) is 13.6 Å². The van der Waals surface area contributed by atoms with Crippen molar-refractivity contribution in [1.82, 2.24) is 5.32 Å². The molecule has 0 saturated carbocycles. The van der Waals surface area contributed by atoms with E-state index in [2.05, 4.69) is 57.3 Å². The Labute approximate surface area is 100 Å². The van der Waals surface area contributed by atoms with E-state index in [0.717, 1.165) is 6.54 Å². The average molecular weight is 219 g/mol. The van der Waals surface area contributed by atoms with Gasteiger partial charge in [0.05, 0.1) is 0 Å². The zero-order chi connectivity index (χ0) is 12.2. The van der Waals surface area contributed by atoms with E-state index in [0.29, 0.717) is 5.92 Å². The van der Waals surface area contributed by atoms with Crippen LogP contribution in [0, 0.1) is 5.92 Å². The molecule has 0 aliphatic rings. The van der Waals surface area contributed by atoms with Crippen LogP contribution in [0.15, 0.2) is 24.3 Å². The van der Waals surface area contributed by atoms with Gasteiger partial charge in [0.25, 0.3) is 0 Å². The number of likely N-dealkylation sites (N-methyl/N-ethyl adjacent to an activating group) is 1. The summed E-state index contributed by atoms with van der Waals surface area (Å²) in [4.78, 5) is 0. The Balaban J connectivity index is 3.02. The van der Waals surface area contributed by atoms with E-state index in [4.69, 9.17) is 0 Å². The normalized spacial score (nSPS) is 12.1. The van der Waals surface area contributed by atoms with Crippen molar-refractivity contribution in [2.75, 3.05) is 13.6 Å². The first-order valence-electron chi connectivity index (χ1n) is 6.20. The zero-order valence-corrected chi connectivity index (χ0v) is 11.3. The minimum atomic E-state index is 0.209. The van der Waals surface area contributed by atoms with Crippen LogP contribution in [0.2, 0.25) is 0 Å². The van der Waals surface area contributed by atoms with Gasteiger partial charge in [0.15, 0.2) is 0 Å². The Morgan fingerprint density at radius 2 is 1.81 bits per heavy atom. The fraction of sp³-hybridized carbons (Fsp3) is 0.600. The van der Waals surface area contributed by atoms with E-state index < -0.39 is 0 Å². The molecule has 1 aromatic rings. The van der Waals surface area contributed by atoms with Crippen LogP contribution in [0.3, 0.4) is 0 Å². The number of hydrogen-bond donors (Lipinski definition) is 1. The monoisotopic (exact) mass is 219 g/mol. The summed E-state index contributed by atoms with van der Waals surface area (Å²) in [6.07, 6.45) is 1.17. The topological polar surface area (TPSA) is 12.0 Å². The highest BCUT2D eigenvalue weighted by Crippen LogP contribution is 2.27. The lowest BCUT2D eigenvalue weighted by molar-refractivity contribution is 0.485. The van der Waals surface area contributed by atoms with Crippen LogP contribution in [0.4, 0.5) is 0 Å². The average Bonchev–Trinajstić information content (AvgIpc) is 2.17. The number of nitrogens with one attached hydrogen (secondary N) is 1. The maximum absolute atomic E-state index is 3.29. The summed E-state index contributed by atoms with van der Waals surface area (Å²) in [6, 6.07) is 8.84. The van der Waals surface area contributed by atoms with Gasteiger partial charge in [-0.1, -0.05) is 52.0 Å². The second-order valence-electron chi connectivity index (χ2n) is 5.67. The second-order valence-corrected chi connectivity index (χ2v) is 5.67. The summed E-state index contributed by atoms with van der Waals surface area (Å²) in [5, 5.41) is 3.29.